The van der Waals surface area contributed by atoms with Crippen LogP contribution in [0.2, 0.25) is 0 Å². The maximum absolute atomic E-state index is 3.73. The van der Waals surface area contributed by atoms with Gasteiger partial charge in [0.2, 0.25) is 0 Å². The molecule has 0 bridgehead atoms. The van der Waals surface area contributed by atoms with E-state index in [0.717, 1.165) is 5.92 Å². The molecule has 1 fully saturated rings. The molecule has 0 amide bonds. The summed E-state index contributed by atoms with van der Waals surface area (Å²) in [5.74, 6) is 0.955. The van der Waals surface area contributed by atoms with Crippen molar-refractivity contribution >= 4 is 0 Å². The zero-order valence-electron chi connectivity index (χ0n) is 12.4. The van der Waals surface area contributed by atoms with E-state index >= 15 is 0 Å². The molecule has 0 aromatic rings. The Morgan fingerprint density at radius 2 is 1.41 bits per heavy atom. The maximum atomic E-state index is 3.73. The fraction of sp³-hybridized carbons (Fsp3) is 1.00. The van der Waals surface area contributed by atoms with Crippen molar-refractivity contribution in [3.05, 3.63) is 0 Å². The van der Waals surface area contributed by atoms with Gasteiger partial charge in [0.25, 0.3) is 0 Å². The van der Waals surface area contributed by atoms with E-state index in [4.69, 9.17) is 0 Å². The summed E-state index contributed by atoms with van der Waals surface area (Å²) < 4.78 is 0. The topological polar surface area (TPSA) is 12.0 Å². The van der Waals surface area contributed by atoms with E-state index in [1.165, 1.54) is 70.8 Å². The van der Waals surface area contributed by atoms with Gasteiger partial charge in [-0.1, -0.05) is 51.9 Å². The molecule has 1 saturated carbocycles. The third kappa shape index (κ3) is 7.08. The van der Waals surface area contributed by atoms with Crippen molar-refractivity contribution in [3.63, 3.8) is 0 Å². The molecule has 0 aliphatic heterocycles. The van der Waals surface area contributed by atoms with Crippen molar-refractivity contribution in [3.8, 4) is 0 Å². The van der Waals surface area contributed by atoms with Gasteiger partial charge in [0.15, 0.2) is 0 Å². The van der Waals surface area contributed by atoms with Crippen molar-refractivity contribution in [1.82, 2.24) is 5.32 Å². The summed E-state index contributed by atoms with van der Waals surface area (Å²) in [4.78, 5) is 0. The molecule has 1 rings (SSSR count). The van der Waals surface area contributed by atoms with Gasteiger partial charge in [-0.25, -0.2) is 0 Å². The summed E-state index contributed by atoms with van der Waals surface area (Å²) in [6.07, 6.45) is 14.2. The van der Waals surface area contributed by atoms with Crippen molar-refractivity contribution in [2.75, 3.05) is 6.54 Å². The summed E-state index contributed by atoms with van der Waals surface area (Å²) in [5, 5.41) is 3.73. The van der Waals surface area contributed by atoms with Crippen LogP contribution >= 0.6 is 0 Å². The zero-order valence-corrected chi connectivity index (χ0v) is 12.4. The highest BCUT2D eigenvalue weighted by atomic mass is 15.0. The molecule has 1 N–H and O–H groups in total. The van der Waals surface area contributed by atoms with Gasteiger partial charge >= 0.3 is 0 Å². The van der Waals surface area contributed by atoms with Crippen LogP contribution in [-0.4, -0.2) is 12.1 Å². The van der Waals surface area contributed by atoms with Crippen LogP contribution in [0, 0.1) is 5.92 Å². The van der Waals surface area contributed by atoms with Crippen molar-refractivity contribution in [2.45, 2.75) is 90.5 Å². The highest BCUT2D eigenvalue weighted by Gasteiger charge is 2.36. The normalized spacial score (nSPS) is 16.4. The van der Waals surface area contributed by atoms with Crippen LogP contribution in [-0.2, 0) is 0 Å². The summed E-state index contributed by atoms with van der Waals surface area (Å²) in [6, 6.07) is 0. The van der Waals surface area contributed by atoms with Crippen LogP contribution in [0.3, 0.4) is 0 Å². The highest BCUT2D eigenvalue weighted by Crippen LogP contribution is 2.39. The maximum Gasteiger partial charge on any atom is 0.0153 e. The van der Waals surface area contributed by atoms with E-state index < -0.39 is 0 Å². The van der Waals surface area contributed by atoms with E-state index in [2.05, 4.69) is 26.1 Å². The Morgan fingerprint density at radius 3 is 1.94 bits per heavy atom. The van der Waals surface area contributed by atoms with Crippen molar-refractivity contribution in [2.24, 2.45) is 5.92 Å². The molecule has 1 aliphatic carbocycles. The first-order valence-electron chi connectivity index (χ1n) is 7.92. The van der Waals surface area contributed by atoms with Crippen molar-refractivity contribution in [1.29, 1.82) is 0 Å². The number of nitrogens with one attached hydrogen (secondary N) is 1. The molecule has 0 spiro atoms. The van der Waals surface area contributed by atoms with Crippen LogP contribution in [0.5, 0.6) is 0 Å². The summed E-state index contributed by atoms with van der Waals surface area (Å²) in [7, 11) is 0. The van der Waals surface area contributed by atoms with Crippen LogP contribution in [0.25, 0.3) is 0 Å². The molecule has 0 aromatic heterocycles. The predicted octanol–water partition coefficient (Wildman–Crippen LogP) is 4.91. The van der Waals surface area contributed by atoms with E-state index in [0.29, 0.717) is 5.54 Å². The van der Waals surface area contributed by atoms with Gasteiger partial charge in [-0.15, -0.1) is 0 Å². The molecular weight excluding hydrogens is 206 g/mol. The predicted molar refractivity (Wildman–Crippen MR) is 77.4 cm³/mol. The van der Waals surface area contributed by atoms with Gasteiger partial charge in [0.1, 0.15) is 0 Å². The third-order valence-electron chi connectivity index (χ3n) is 4.21. The van der Waals surface area contributed by atoms with Crippen molar-refractivity contribution < 1.29 is 0 Å². The third-order valence-corrected chi connectivity index (χ3v) is 4.21. The zero-order chi connectivity index (χ0) is 12.6. The van der Waals surface area contributed by atoms with E-state index in [9.17, 15) is 0 Å². The Balaban J connectivity index is 1.81. The first kappa shape index (κ1) is 15.0. The Labute approximate surface area is 109 Å². The van der Waals surface area contributed by atoms with Crippen LogP contribution < -0.4 is 5.32 Å². The molecule has 0 heterocycles. The lowest BCUT2D eigenvalue weighted by atomic mass is 9.98. The molecule has 0 atom stereocenters. The lowest BCUT2D eigenvalue weighted by Gasteiger charge is -2.26. The lowest BCUT2D eigenvalue weighted by molar-refractivity contribution is 0.337. The second-order valence-electron chi connectivity index (χ2n) is 6.40. The fourth-order valence-corrected chi connectivity index (χ4v) is 2.62. The van der Waals surface area contributed by atoms with Gasteiger partial charge in [0.05, 0.1) is 0 Å². The Kier molecular flexibility index (Phi) is 7.18. The van der Waals surface area contributed by atoms with E-state index in [1.54, 1.807) is 0 Å². The number of rotatable bonds is 11. The molecule has 1 heteroatoms. The molecule has 0 aromatic carbocycles. The number of hydrogen-bond donors (Lipinski definition) is 1. The van der Waals surface area contributed by atoms with Crippen LogP contribution in [0.4, 0.5) is 0 Å². The minimum Gasteiger partial charge on any atom is -0.312 e. The average molecular weight is 239 g/mol. The second-order valence-corrected chi connectivity index (χ2v) is 6.40. The highest BCUT2D eigenvalue weighted by molar-refractivity contribution is 4.94. The molecule has 0 unspecified atom stereocenters. The lowest BCUT2D eigenvalue weighted by Crippen LogP contribution is -2.41. The van der Waals surface area contributed by atoms with Gasteiger partial charge in [0, 0.05) is 5.54 Å². The monoisotopic (exact) mass is 239 g/mol. The molecule has 17 heavy (non-hydrogen) atoms. The quantitative estimate of drug-likeness (QED) is 0.505. The summed E-state index contributed by atoms with van der Waals surface area (Å²) in [5.41, 5.74) is 0.404. The molecule has 102 valence electrons. The first-order chi connectivity index (χ1) is 8.17. The van der Waals surface area contributed by atoms with Gasteiger partial charge < -0.3 is 5.32 Å². The standard InChI is InChI=1S/C16H33N/c1-4-5-6-7-8-9-10-11-14-17-16(2,3)15-12-13-15/h15,17H,4-14H2,1-3H3. The summed E-state index contributed by atoms with van der Waals surface area (Å²) >= 11 is 0. The molecule has 1 nitrogen and oxygen atoms in total. The van der Waals surface area contributed by atoms with Crippen LogP contribution in [0.15, 0.2) is 0 Å². The average Bonchev–Trinajstić information content (AvgIpc) is 3.11. The van der Waals surface area contributed by atoms with Gasteiger partial charge in [-0.3, -0.25) is 0 Å². The SMILES string of the molecule is CCCCCCCCCCNC(C)(C)C1CC1. The van der Waals surface area contributed by atoms with E-state index in [-0.39, 0.29) is 0 Å². The summed E-state index contributed by atoms with van der Waals surface area (Å²) in [6.45, 7) is 8.25. The first-order valence-corrected chi connectivity index (χ1v) is 7.92. The Hall–Kier alpha value is -0.0400. The van der Waals surface area contributed by atoms with E-state index in [1.807, 2.05) is 0 Å². The molecule has 0 saturated heterocycles. The van der Waals surface area contributed by atoms with Gasteiger partial charge in [-0.05, 0) is 45.6 Å². The fourth-order valence-electron chi connectivity index (χ4n) is 2.62. The largest absolute Gasteiger partial charge is 0.312 e. The molecular formula is C16H33N. The Bertz CT molecular complexity index is 182. The Morgan fingerprint density at radius 1 is 0.882 bits per heavy atom. The smallest absolute Gasteiger partial charge is 0.0153 e. The minimum absolute atomic E-state index is 0.404. The molecule has 0 radical (unpaired) electrons. The van der Waals surface area contributed by atoms with Gasteiger partial charge in [-0.2, -0.15) is 0 Å². The number of hydrogen-bond acceptors (Lipinski definition) is 1. The second kappa shape index (κ2) is 8.13. The minimum atomic E-state index is 0.404. The number of unbranched alkanes of at least 4 members (excludes halogenated alkanes) is 7. The molecule has 1 aliphatic rings. The van der Waals surface area contributed by atoms with Crippen LogP contribution in [0.1, 0.15) is 85.0 Å².